The van der Waals surface area contributed by atoms with E-state index in [1.54, 1.807) is 0 Å². The summed E-state index contributed by atoms with van der Waals surface area (Å²) in [7, 11) is 0. The molecule has 0 bridgehead atoms. The number of hydrogen-bond donors (Lipinski definition) is 3. The van der Waals surface area contributed by atoms with Gasteiger partial charge in [-0.05, 0) is 76.1 Å². The minimum Gasteiger partial charge on any atom is -0.491 e. The molecule has 2 saturated carbocycles. The van der Waals surface area contributed by atoms with Gasteiger partial charge in [-0.15, -0.1) is 0 Å². The van der Waals surface area contributed by atoms with Gasteiger partial charge in [-0.3, -0.25) is 4.79 Å². The normalized spacial score (nSPS) is 16.6. The van der Waals surface area contributed by atoms with Gasteiger partial charge in [-0.1, -0.05) is 0 Å². The number of nitrogens with zero attached hydrogens (tertiary/aromatic N) is 1. The first kappa shape index (κ1) is 21.4. The van der Waals surface area contributed by atoms with Crippen molar-refractivity contribution < 1.29 is 14.3 Å². The van der Waals surface area contributed by atoms with Gasteiger partial charge in [-0.2, -0.15) is 0 Å². The van der Waals surface area contributed by atoms with Gasteiger partial charge in [0.05, 0.1) is 6.10 Å². The van der Waals surface area contributed by atoms with Crippen molar-refractivity contribution in [3.8, 4) is 5.75 Å². The van der Waals surface area contributed by atoms with Gasteiger partial charge in [0.1, 0.15) is 12.3 Å². The molecule has 0 heterocycles. The van der Waals surface area contributed by atoms with Crippen LogP contribution in [0.25, 0.3) is 0 Å². The zero-order chi connectivity index (χ0) is 20.5. The van der Waals surface area contributed by atoms with E-state index in [1.165, 1.54) is 12.8 Å². The van der Waals surface area contributed by atoms with Crippen molar-refractivity contribution in [2.24, 2.45) is 10.9 Å². The van der Waals surface area contributed by atoms with Gasteiger partial charge in [0.2, 0.25) is 5.91 Å². The summed E-state index contributed by atoms with van der Waals surface area (Å²) >= 11 is 0. The van der Waals surface area contributed by atoms with Crippen LogP contribution in [0, 0.1) is 5.92 Å². The topological polar surface area (TPSA) is 84.0 Å². The summed E-state index contributed by atoms with van der Waals surface area (Å²) < 4.78 is 11.4. The number of guanidine groups is 1. The summed E-state index contributed by atoms with van der Waals surface area (Å²) in [4.78, 5) is 16.4. The highest BCUT2D eigenvalue weighted by molar-refractivity contribution is 5.95. The fourth-order valence-electron chi connectivity index (χ4n) is 2.73. The lowest BCUT2D eigenvalue weighted by atomic mass is 10.3. The second-order valence-electron chi connectivity index (χ2n) is 8.12. The molecule has 2 aliphatic carbocycles. The molecule has 160 valence electrons. The molecule has 3 rings (SSSR count). The van der Waals surface area contributed by atoms with Crippen LogP contribution >= 0.6 is 0 Å². The van der Waals surface area contributed by atoms with E-state index < -0.39 is 0 Å². The van der Waals surface area contributed by atoms with E-state index in [4.69, 9.17) is 9.47 Å². The Hall–Kier alpha value is -2.28. The molecule has 0 unspecified atom stereocenters. The first-order valence-electron chi connectivity index (χ1n) is 10.8. The summed E-state index contributed by atoms with van der Waals surface area (Å²) in [5, 5.41) is 9.52. The number of hydrogen-bond acceptors (Lipinski definition) is 4. The van der Waals surface area contributed by atoms with Gasteiger partial charge in [0.15, 0.2) is 5.96 Å². The summed E-state index contributed by atoms with van der Waals surface area (Å²) in [6, 6.07) is 8.08. The van der Waals surface area contributed by atoms with Gasteiger partial charge in [0, 0.05) is 31.5 Å². The second kappa shape index (κ2) is 11.0. The van der Waals surface area contributed by atoms with Crippen molar-refractivity contribution in [1.82, 2.24) is 10.6 Å². The van der Waals surface area contributed by atoms with Crippen LogP contribution in [-0.2, 0) is 9.53 Å². The fraction of sp³-hybridized carbons (Fsp3) is 0.636. The van der Waals surface area contributed by atoms with Gasteiger partial charge in [-0.25, -0.2) is 4.99 Å². The summed E-state index contributed by atoms with van der Waals surface area (Å²) in [6.07, 6.45) is 5.79. The Balaban J connectivity index is 1.47. The zero-order valence-electron chi connectivity index (χ0n) is 17.6. The lowest BCUT2D eigenvalue weighted by Gasteiger charge is -2.14. The van der Waals surface area contributed by atoms with Crippen molar-refractivity contribution in [3.63, 3.8) is 0 Å². The fourth-order valence-corrected chi connectivity index (χ4v) is 2.73. The maximum atomic E-state index is 12.0. The average molecular weight is 403 g/mol. The zero-order valence-corrected chi connectivity index (χ0v) is 17.6. The van der Waals surface area contributed by atoms with E-state index in [0.717, 1.165) is 56.4 Å². The van der Waals surface area contributed by atoms with Gasteiger partial charge < -0.3 is 25.4 Å². The number of ether oxygens (including phenoxy) is 2. The first-order chi connectivity index (χ1) is 14.1. The largest absolute Gasteiger partial charge is 0.491 e. The molecule has 7 heteroatoms. The molecular weight excluding hydrogens is 368 g/mol. The van der Waals surface area contributed by atoms with Crippen LogP contribution in [-0.4, -0.2) is 50.3 Å². The molecule has 7 nitrogen and oxygen atoms in total. The predicted molar refractivity (Wildman–Crippen MR) is 115 cm³/mol. The van der Waals surface area contributed by atoms with Crippen LogP contribution in [0.3, 0.4) is 0 Å². The number of amides is 1. The number of benzene rings is 1. The van der Waals surface area contributed by atoms with E-state index in [9.17, 15) is 4.79 Å². The molecule has 2 fully saturated rings. The molecule has 29 heavy (non-hydrogen) atoms. The van der Waals surface area contributed by atoms with Crippen LogP contribution in [0.1, 0.15) is 46.0 Å². The Bertz CT molecular complexity index is 667. The summed E-state index contributed by atoms with van der Waals surface area (Å²) in [5.41, 5.74) is 0.889. The third-order valence-corrected chi connectivity index (χ3v) is 4.62. The number of nitrogens with one attached hydrogen (secondary N) is 3. The Morgan fingerprint density at radius 3 is 2.59 bits per heavy atom. The quantitative estimate of drug-likeness (QED) is 0.284. The SMILES string of the molecule is CC(C)Oc1ccc(NC(=NCC(=O)NC2CC2)NCCCOCC2CC2)cc1. The molecule has 0 saturated heterocycles. The van der Waals surface area contributed by atoms with E-state index in [-0.39, 0.29) is 18.6 Å². The third-order valence-electron chi connectivity index (χ3n) is 4.62. The van der Waals surface area contributed by atoms with Crippen molar-refractivity contribution >= 4 is 17.6 Å². The van der Waals surface area contributed by atoms with Gasteiger partial charge in [0.25, 0.3) is 0 Å². The molecule has 1 aromatic carbocycles. The van der Waals surface area contributed by atoms with Crippen molar-refractivity contribution in [1.29, 1.82) is 0 Å². The standard InChI is InChI=1S/C22H34N4O3/c1-16(2)29-20-10-8-19(9-11-20)26-22(24-14-21(27)25-18-6-7-18)23-12-3-13-28-15-17-4-5-17/h8-11,16-18H,3-7,12-15H2,1-2H3,(H,25,27)(H2,23,24,26). The summed E-state index contributed by atoms with van der Waals surface area (Å²) in [5.74, 6) is 2.17. The second-order valence-corrected chi connectivity index (χ2v) is 8.12. The molecule has 0 spiro atoms. The summed E-state index contributed by atoms with van der Waals surface area (Å²) in [6.45, 7) is 6.46. The molecular formula is C22H34N4O3. The molecule has 0 aliphatic heterocycles. The lowest BCUT2D eigenvalue weighted by molar-refractivity contribution is -0.119. The average Bonchev–Trinajstić information content (AvgIpc) is 3.59. The van der Waals surface area contributed by atoms with Gasteiger partial charge >= 0.3 is 0 Å². The monoisotopic (exact) mass is 402 g/mol. The van der Waals surface area contributed by atoms with Crippen molar-refractivity contribution in [3.05, 3.63) is 24.3 Å². The Morgan fingerprint density at radius 2 is 1.93 bits per heavy atom. The van der Waals surface area contributed by atoms with E-state index in [2.05, 4.69) is 20.9 Å². The number of carbonyl (C=O) groups is 1. The highest BCUT2D eigenvalue weighted by atomic mass is 16.5. The maximum absolute atomic E-state index is 12.0. The van der Waals surface area contributed by atoms with E-state index in [0.29, 0.717) is 12.0 Å². The molecule has 2 aliphatic rings. The maximum Gasteiger partial charge on any atom is 0.242 e. The molecule has 3 N–H and O–H groups in total. The lowest BCUT2D eigenvalue weighted by Crippen LogP contribution is -2.34. The molecule has 0 radical (unpaired) electrons. The van der Waals surface area contributed by atoms with Crippen LogP contribution in [0.5, 0.6) is 5.75 Å². The van der Waals surface area contributed by atoms with E-state index in [1.807, 2.05) is 38.1 Å². The highest BCUT2D eigenvalue weighted by Gasteiger charge is 2.23. The van der Waals surface area contributed by atoms with Crippen LogP contribution in [0.15, 0.2) is 29.3 Å². The number of rotatable bonds is 12. The Morgan fingerprint density at radius 1 is 1.17 bits per heavy atom. The van der Waals surface area contributed by atoms with Crippen LogP contribution in [0.2, 0.25) is 0 Å². The molecule has 1 amide bonds. The number of aliphatic imine (C=N–C) groups is 1. The van der Waals surface area contributed by atoms with E-state index >= 15 is 0 Å². The third kappa shape index (κ3) is 9.17. The first-order valence-corrected chi connectivity index (χ1v) is 10.8. The smallest absolute Gasteiger partial charge is 0.242 e. The molecule has 1 aromatic rings. The minimum atomic E-state index is -0.0398. The number of anilines is 1. The van der Waals surface area contributed by atoms with Crippen LogP contribution in [0.4, 0.5) is 5.69 Å². The van der Waals surface area contributed by atoms with Crippen molar-refractivity contribution in [2.45, 2.75) is 58.1 Å². The Kier molecular flexibility index (Phi) is 8.16. The molecule has 0 aromatic heterocycles. The highest BCUT2D eigenvalue weighted by Crippen LogP contribution is 2.28. The predicted octanol–water partition coefficient (Wildman–Crippen LogP) is 2.93. The molecule has 0 atom stereocenters. The number of carbonyl (C=O) groups excluding carboxylic acids is 1. The van der Waals surface area contributed by atoms with Crippen molar-refractivity contribution in [2.75, 3.05) is 31.6 Å². The van der Waals surface area contributed by atoms with Crippen LogP contribution < -0.4 is 20.7 Å². The Labute approximate surface area is 173 Å². The minimum absolute atomic E-state index is 0.0398.